The predicted octanol–water partition coefficient (Wildman–Crippen LogP) is 2.55. The zero-order chi connectivity index (χ0) is 15.5. The molecule has 0 aromatic heterocycles. The van der Waals surface area contributed by atoms with Gasteiger partial charge in [0.1, 0.15) is 0 Å². The minimum absolute atomic E-state index is 0.134. The molecular weight excluding hydrogens is 286 g/mol. The summed E-state index contributed by atoms with van der Waals surface area (Å²) in [6, 6.07) is 5.24. The fourth-order valence-electron chi connectivity index (χ4n) is 3.03. The first-order chi connectivity index (χ1) is 10.0. The summed E-state index contributed by atoms with van der Waals surface area (Å²) >= 11 is 0. The molecule has 1 saturated heterocycles. The Morgan fingerprint density at radius 1 is 1.33 bits per heavy atom. The number of aryl methyl sites for hydroxylation is 1. The Morgan fingerprint density at radius 3 is 2.71 bits per heavy atom. The highest BCUT2D eigenvalue weighted by molar-refractivity contribution is 7.89. The van der Waals surface area contributed by atoms with E-state index in [1.807, 2.05) is 13.0 Å². The third kappa shape index (κ3) is 3.47. The molecular formula is C16H25NO3S. The largest absolute Gasteiger partial charge is 0.392 e. The van der Waals surface area contributed by atoms with Crippen LogP contribution in [0, 0.1) is 5.92 Å². The van der Waals surface area contributed by atoms with E-state index in [0.29, 0.717) is 35.9 Å². The van der Waals surface area contributed by atoms with Crippen molar-refractivity contribution in [3.8, 4) is 0 Å². The van der Waals surface area contributed by atoms with E-state index >= 15 is 0 Å². The molecule has 1 heterocycles. The van der Waals surface area contributed by atoms with Crippen LogP contribution in [-0.2, 0) is 23.1 Å². The molecule has 0 spiro atoms. The maximum Gasteiger partial charge on any atom is 0.243 e. The van der Waals surface area contributed by atoms with E-state index < -0.39 is 10.0 Å². The Labute approximate surface area is 127 Å². The number of aliphatic hydroxyl groups is 1. The van der Waals surface area contributed by atoms with Gasteiger partial charge in [0.05, 0.1) is 11.5 Å². The molecule has 0 radical (unpaired) electrons. The summed E-state index contributed by atoms with van der Waals surface area (Å²) in [6.45, 7) is 5.20. The maximum absolute atomic E-state index is 12.9. The van der Waals surface area contributed by atoms with E-state index in [4.69, 9.17) is 0 Å². The van der Waals surface area contributed by atoms with E-state index in [1.165, 1.54) is 0 Å². The normalized spacial score (nSPS) is 20.0. The fourth-order valence-corrected chi connectivity index (χ4v) is 4.90. The lowest BCUT2D eigenvalue weighted by Gasteiger charge is -2.19. The Morgan fingerprint density at radius 2 is 2.10 bits per heavy atom. The molecule has 1 N–H and O–H groups in total. The van der Waals surface area contributed by atoms with Crippen LogP contribution in [0.1, 0.15) is 44.2 Å². The van der Waals surface area contributed by atoms with Crippen molar-refractivity contribution in [2.24, 2.45) is 5.92 Å². The Kier molecular flexibility index (Phi) is 5.41. The minimum atomic E-state index is -3.44. The molecule has 118 valence electrons. The summed E-state index contributed by atoms with van der Waals surface area (Å²) < 4.78 is 27.4. The average molecular weight is 311 g/mol. The molecule has 0 amide bonds. The smallest absolute Gasteiger partial charge is 0.243 e. The lowest BCUT2D eigenvalue weighted by Crippen LogP contribution is -2.29. The molecule has 1 aliphatic heterocycles. The van der Waals surface area contributed by atoms with Crippen molar-refractivity contribution in [2.45, 2.75) is 51.0 Å². The number of sulfonamides is 1. The SMILES string of the molecule is CCCC1CCN(S(=O)(=O)c2cc(CO)ccc2CC)C1. The van der Waals surface area contributed by atoms with Gasteiger partial charge in [-0.25, -0.2) is 8.42 Å². The average Bonchev–Trinajstić information content (AvgIpc) is 2.96. The molecule has 0 aliphatic carbocycles. The second kappa shape index (κ2) is 6.90. The van der Waals surface area contributed by atoms with Crippen molar-refractivity contribution in [1.82, 2.24) is 4.31 Å². The fraction of sp³-hybridized carbons (Fsp3) is 0.625. The number of hydrogen-bond acceptors (Lipinski definition) is 3. The van der Waals surface area contributed by atoms with Gasteiger partial charge in [0.15, 0.2) is 0 Å². The summed E-state index contributed by atoms with van der Waals surface area (Å²) in [5, 5.41) is 9.26. The topological polar surface area (TPSA) is 57.6 Å². The molecule has 1 aromatic carbocycles. The molecule has 0 bridgehead atoms. The lowest BCUT2D eigenvalue weighted by molar-refractivity contribution is 0.281. The zero-order valence-corrected chi connectivity index (χ0v) is 13.7. The third-order valence-electron chi connectivity index (χ3n) is 4.26. The molecule has 5 heteroatoms. The van der Waals surface area contributed by atoms with Gasteiger partial charge >= 0.3 is 0 Å². The molecule has 1 atom stereocenters. The van der Waals surface area contributed by atoms with Crippen molar-refractivity contribution < 1.29 is 13.5 Å². The summed E-state index contributed by atoms with van der Waals surface area (Å²) in [5.41, 5.74) is 1.47. The molecule has 21 heavy (non-hydrogen) atoms. The monoisotopic (exact) mass is 311 g/mol. The van der Waals surface area contributed by atoms with E-state index in [1.54, 1.807) is 16.4 Å². The van der Waals surface area contributed by atoms with E-state index in [9.17, 15) is 13.5 Å². The Hall–Kier alpha value is -0.910. The van der Waals surface area contributed by atoms with Crippen molar-refractivity contribution in [3.63, 3.8) is 0 Å². The van der Waals surface area contributed by atoms with Gasteiger partial charge in [0.25, 0.3) is 0 Å². The molecule has 1 unspecified atom stereocenters. The van der Waals surface area contributed by atoms with Crippen LogP contribution in [0.3, 0.4) is 0 Å². The Bertz CT molecular complexity index is 583. The second-order valence-corrected chi connectivity index (χ2v) is 7.67. The van der Waals surface area contributed by atoms with Gasteiger partial charge < -0.3 is 5.11 Å². The van der Waals surface area contributed by atoms with Crippen LogP contribution in [0.15, 0.2) is 23.1 Å². The maximum atomic E-state index is 12.9. The van der Waals surface area contributed by atoms with Crippen LogP contribution < -0.4 is 0 Å². The summed E-state index contributed by atoms with van der Waals surface area (Å²) in [7, 11) is -3.44. The third-order valence-corrected chi connectivity index (χ3v) is 6.21. The molecule has 2 rings (SSSR count). The lowest BCUT2D eigenvalue weighted by atomic mass is 10.0. The van der Waals surface area contributed by atoms with E-state index in [-0.39, 0.29) is 6.61 Å². The van der Waals surface area contributed by atoms with E-state index in [2.05, 4.69) is 6.92 Å². The van der Waals surface area contributed by atoms with Gasteiger partial charge in [0, 0.05) is 13.1 Å². The summed E-state index contributed by atoms with van der Waals surface area (Å²) in [4.78, 5) is 0.369. The minimum Gasteiger partial charge on any atom is -0.392 e. The van der Waals surface area contributed by atoms with Crippen molar-refractivity contribution in [1.29, 1.82) is 0 Å². The summed E-state index contributed by atoms with van der Waals surface area (Å²) in [6.07, 6.45) is 3.81. The van der Waals surface area contributed by atoms with Crippen LogP contribution in [0.2, 0.25) is 0 Å². The van der Waals surface area contributed by atoms with Gasteiger partial charge in [-0.05, 0) is 42.4 Å². The van der Waals surface area contributed by atoms with Crippen molar-refractivity contribution in [3.05, 3.63) is 29.3 Å². The first-order valence-electron chi connectivity index (χ1n) is 7.75. The zero-order valence-electron chi connectivity index (χ0n) is 12.9. The van der Waals surface area contributed by atoms with Crippen molar-refractivity contribution in [2.75, 3.05) is 13.1 Å². The van der Waals surface area contributed by atoms with Crippen LogP contribution in [0.25, 0.3) is 0 Å². The molecule has 0 saturated carbocycles. The van der Waals surface area contributed by atoms with Crippen molar-refractivity contribution >= 4 is 10.0 Å². The highest BCUT2D eigenvalue weighted by Gasteiger charge is 2.33. The second-order valence-electron chi connectivity index (χ2n) is 5.76. The molecule has 4 nitrogen and oxygen atoms in total. The molecule has 1 aromatic rings. The quantitative estimate of drug-likeness (QED) is 0.878. The predicted molar refractivity (Wildman–Crippen MR) is 83.5 cm³/mol. The van der Waals surface area contributed by atoms with E-state index in [0.717, 1.165) is 24.8 Å². The van der Waals surface area contributed by atoms with Gasteiger partial charge in [-0.2, -0.15) is 4.31 Å². The van der Waals surface area contributed by atoms with Crippen LogP contribution in [0.5, 0.6) is 0 Å². The van der Waals surface area contributed by atoms with Crippen LogP contribution in [0.4, 0.5) is 0 Å². The van der Waals surface area contributed by atoms with Crippen LogP contribution >= 0.6 is 0 Å². The van der Waals surface area contributed by atoms with Gasteiger partial charge in [0.2, 0.25) is 10.0 Å². The Balaban J connectivity index is 2.31. The number of benzene rings is 1. The number of nitrogens with zero attached hydrogens (tertiary/aromatic N) is 1. The van der Waals surface area contributed by atoms with Crippen LogP contribution in [-0.4, -0.2) is 30.9 Å². The van der Waals surface area contributed by atoms with Gasteiger partial charge in [-0.15, -0.1) is 0 Å². The first kappa shape index (κ1) is 16.5. The number of aliphatic hydroxyl groups excluding tert-OH is 1. The number of rotatable bonds is 6. The van der Waals surface area contributed by atoms with Gasteiger partial charge in [-0.1, -0.05) is 32.4 Å². The molecule has 1 aliphatic rings. The number of hydrogen-bond donors (Lipinski definition) is 1. The first-order valence-corrected chi connectivity index (χ1v) is 9.19. The summed E-state index contributed by atoms with van der Waals surface area (Å²) in [5.74, 6) is 0.482. The molecule has 1 fully saturated rings. The highest BCUT2D eigenvalue weighted by atomic mass is 32.2. The van der Waals surface area contributed by atoms with Gasteiger partial charge in [-0.3, -0.25) is 0 Å². The highest BCUT2D eigenvalue weighted by Crippen LogP contribution is 2.29. The standard InChI is InChI=1S/C16H25NO3S/c1-3-5-13-8-9-17(11-13)21(19,20)16-10-14(12-18)6-7-15(16)4-2/h6-7,10,13,18H,3-5,8-9,11-12H2,1-2H3.